The Morgan fingerprint density at radius 1 is 1.24 bits per heavy atom. The van der Waals surface area contributed by atoms with E-state index in [-0.39, 0.29) is 11.8 Å². The van der Waals surface area contributed by atoms with Gasteiger partial charge in [-0.3, -0.25) is 9.59 Å². The fourth-order valence-electron chi connectivity index (χ4n) is 1.28. The van der Waals surface area contributed by atoms with Crippen molar-refractivity contribution in [1.29, 1.82) is 0 Å². The van der Waals surface area contributed by atoms with Crippen molar-refractivity contribution in [3.05, 3.63) is 29.8 Å². The predicted octanol–water partition coefficient (Wildman–Crippen LogP) is 0.561. The van der Waals surface area contributed by atoms with Gasteiger partial charge in [-0.25, -0.2) is 0 Å². The standard InChI is InChI=1S/C12H16N2O3/c1-9(15)13-6-7-14-12(16)10-4-3-5-11(8-10)17-2/h3-5,8H,6-7H2,1-2H3,(H,13,15)(H,14,16). The summed E-state index contributed by atoms with van der Waals surface area (Å²) in [7, 11) is 1.55. The van der Waals surface area contributed by atoms with E-state index < -0.39 is 0 Å². The summed E-state index contributed by atoms with van der Waals surface area (Å²) in [5, 5.41) is 5.29. The van der Waals surface area contributed by atoms with Crippen molar-refractivity contribution in [3.8, 4) is 5.75 Å². The Kier molecular flexibility index (Phi) is 5.00. The summed E-state index contributed by atoms with van der Waals surface area (Å²) in [6.45, 7) is 2.25. The predicted molar refractivity (Wildman–Crippen MR) is 64.0 cm³/mol. The Morgan fingerprint density at radius 3 is 2.59 bits per heavy atom. The second kappa shape index (κ2) is 6.52. The fourth-order valence-corrected chi connectivity index (χ4v) is 1.28. The number of carbonyl (C=O) groups is 2. The van der Waals surface area contributed by atoms with Crippen LogP contribution in [0.5, 0.6) is 5.75 Å². The van der Waals surface area contributed by atoms with Gasteiger partial charge in [0, 0.05) is 25.6 Å². The lowest BCUT2D eigenvalue weighted by atomic mass is 10.2. The van der Waals surface area contributed by atoms with Gasteiger partial charge < -0.3 is 15.4 Å². The zero-order valence-corrected chi connectivity index (χ0v) is 9.95. The van der Waals surface area contributed by atoms with Crippen LogP contribution in [0.3, 0.4) is 0 Å². The molecule has 2 amide bonds. The Morgan fingerprint density at radius 2 is 1.94 bits per heavy atom. The summed E-state index contributed by atoms with van der Waals surface area (Å²) in [5.41, 5.74) is 0.534. The van der Waals surface area contributed by atoms with Crippen LogP contribution in [0.25, 0.3) is 0 Å². The van der Waals surface area contributed by atoms with E-state index >= 15 is 0 Å². The number of amides is 2. The van der Waals surface area contributed by atoms with Crippen LogP contribution in [0.1, 0.15) is 17.3 Å². The average Bonchev–Trinajstić information content (AvgIpc) is 2.34. The van der Waals surface area contributed by atoms with Gasteiger partial charge in [0.15, 0.2) is 0 Å². The molecule has 1 rings (SSSR count). The van der Waals surface area contributed by atoms with Crippen LogP contribution in [0.2, 0.25) is 0 Å². The third-order valence-corrected chi connectivity index (χ3v) is 2.12. The number of hydrogen-bond donors (Lipinski definition) is 2. The molecule has 0 bridgehead atoms. The molecule has 0 saturated carbocycles. The minimum atomic E-state index is -0.186. The van der Waals surface area contributed by atoms with Crippen molar-refractivity contribution in [3.63, 3.8) is 0 Å². The van der Waals surface area contributed by atoms with Gasteiger partial charge in [-0.2, -0.15) is 0 Å². The van der Waals surface area contributed by atoms with Gasteiger partial charge in [0.25, 0.3) is 5.91 Å². The molecular weight excluding hydrogens is 220 g/mol. The summed E-state index contributed by atoms with van der Waals surface area (Å²) < 4.78 is 5.03. The molecule has 0 fully saturated rings. The minimum absolute atomic E-state index is 0.111. The Hall–Kier alpha value is -2.04. The van der Waals surface area contributed by atoms with E-state index in [1.165, 1.54) is 6.92 Å². The second-order valence-corrected chi connectivity index (χ2v) is 3.47. The number of methoxy groups -OCH3 is 1. The maximum absolute atomic E-state index is 11.7. The molecule has 0 radical (unpaired) electrons. The Balaban J connectivity index is 2.43. The molecule has 0 heterocycles. The van der Waals surface area contributed by atoms with E-state index in [4.69, 9.17) is 4.74 Å². The molecule has 0 saturated heterocycles. The summed E-state index contributed by atoms with van der Waals surface area (Å²) in [6, 6.07) is 6.89. The molecule has 2 N–H and O–H groups in total. The van der Waals surface area contributed by atoms with Gasteiger partial charge >= 0.3 is 0 Å². The van der Waals surface area contributed by atoms with E-state index in [1.54, 1.807) is 31.4 Å². The molecule has 0 atom stereocenters. The van der Waals surface area contributed by atoms with Crippen LogP contribution in [0.15, 0.2) is 24.3 Å². The van der Waals surface area contributed by atoms with Gasteiger partial charge in [-0.15, -0.1) is 0 Å². The van der Waals surface area contributed by atoms with Gasteiger partial charge in [0.05, 0.1) is 7.11 Å². The first-order valence-corrected chi connectivity index (χ1v) is 5.30. The molecule has 0 spiro atoms. The number of carbonyl (C=O) groups excluding carboxylic acids is 2. The number of rotatable bonds is 5. The van der Waals surface area contributed by atoms with Gasteiger partial charge in [-0.05, 0) is 18.2 Å². The molecule has 0 unspecified atom stereocenters. The Bertz CT molecular complexity index is 404. The summed E-state index contributed by atoms with van der Waals surface area (Å²) in [4.78, 5) is 22.3. The zero-order valence-electron chi connectivity index (χ0n) is 9.95. The van der Waals surface area contributed by atoms with Crippen molar-refractivity contribution in [2.24, 2.45) is 0 Å². The van der Waals surface area contributed by atoms with E-state index in [0.29, 0.717) is 24.4 Å². The minimum Gasteiger partial charge on any atom is -0.497 e. The number of ether oxygens (including phenoxy) is 1. The highest BCUT2D eigenvalue weighted by atomic mass is 16.5. The topological polar surface area (TPSA) is 67.4 Å². The molecule has 92 valence electrons. The first-order valence-electron chi connectivity index (χ1n) is 5.30. The van der Waals surface area contributed by atoms with Crippen LogP contribution in [-0.4, -0.2) is 32.0 Å². The first-order chi connectivity index (χ1) is 8.13. The van der Waals surface area contributed by atoms with Crippen LogP contribution in [-0.2, 0) is 4.79 Å². The monoisotopic (exact) mass is 236 g/mol. The van der Waals surface area contributed by atoms with Gasteiger partial charge in [0.2, 0.25) is 5.91 Å². The van der Waals surface area contributed by atoms with E-state index in [9.17, 15) is 9.59 Å². The average molecular weight is 236 g/mol. The van der Waals surface area contributed by atoms with Crippen LogP contribution >= 0.6 is 0 Å². The normalized spacial score (nSPS) is 9.53. The molecule has 0 aliphatic rings. The summed E-state index contributed by atoms with van der Waals surface area (Å²) in [6.07, 6.45) is 0. The highest BCUT2D eigenvalue weighted by molar-refractivity contribution is 5.94. The molecular formula is C12H16N2O3. The molecule has 1 aromatic carbocycles. The lowest BCUT2D eigenvalue weighted by Gasteiger charge is -2.06. The van der Waals surface area contributed by atoms with Crippen LogP contribution in [0.4, 0.5) is 0 Å². The van der Waals surface area contributed by atoms with Crippen molar-refractivity contribution in [2.75, 3.05) is 20.2 Å². The number of nitrogens with one attached hydrogen (secondary N) is 2. The highest BCUT2D eigenvalue weighted by Crippen LogP contribution is 2.11. The molecule has 0 aromatic heterocycles. The van der Waals surface area contributed by atoms with Crippen molar-refractivity contribution in [1.82, 2.24) is 10.6 Å². The third kappa shape index (κ3) is 4.55. The van der Waals surface area contributed by atoms with E-state index in [0.717, 1.165) is 0 Å². The molecule has 0 aliphatic carbocycles. The molecule has 1 aromatic rings. The summed E-state index contributed by atoms with van der Waals surface area (Å²) in [5.74, 6) is 0.342. The molecule has 5 heteroatoms. The van der Waals surface area contributed by atoms with Gasteiger partial charge in [-0.1, -0.05) is 6.07 Å². The smallest absolute Gasteiger partial charge is 0.251 e. The highest BCUT2D eigenvalue weighted by Gasteiger charge is 2.05. The molecule has 17 heavy (non-hydrogen) atoms. The molecule has 0 aliphatic heterocycles. The van der Waals surface area contributed by atoms with E-state index in [1.807, 2.05) is 0 Å². The molecule has 5 nitrogen and oxygen atoms in total. The largest absolute Gasteiger partial charge is 0.497 e. The first kappa shape index (κ1) is 13.0. The van der Waals surface area contributed by atoms with Crippen LogP contribution in [0, 0.1) is 0 Å². The fraction of sp³-hybridized carbons (Fsp3) is 0.333. The van der Waals surface area contributed by atoms with E-state index in [2.05, 4.69) is 10.6 Å². The van der Waals surface area contributed by atoms with Crippen molar-refractivity contribution >= 4 is 11.8 Å². The maximum Gasteiger partial charge on any atom is 0.251 e. The third-order valence-electron chi connectivity index (χ3n) is 2.12. The SMILES string of the molecule is COc1cccc(C(=O)NCCNC(C)=O)c1. The van der Waals surface area contributed by atoms with Crippen LogP contribution < -0.4 is 15.4 Å². The number of benzene rings is 1. The quantitative estimate of drug-likeness (QED) is 0.734. The summed E-state index contributed by atoms with van der Waals surface area (Å²) >= 11 is 0. The lowest BCUT2D eigenvalue weighted by Crippen LogP contribution is -2.33. The number of hydrogen-bond acceptors (Lipinski definition) is 3. The van der Waals surface area contributed by atoms with Crippen molar-refractivity contribution in [2.45, 2.75) is 6.92 Å². The van der Waals surface area contributed by atoms with Crippen molar-refractivity contribution < 1.29 is 14.3 Å². The lowest BCUT2D eigenvalue weighted by molar-refractivity contribution is -0.118. The maximum atomic E-state index is 11.7. The Labute approximate surface area is 100 Å². The second-order valence-electron chi connectivity index (χ2n) is 3.47. The zero-order chi connectivity index (χ0) is 12.7. The van der Waals surface area contributed by atoms with Gasteiger partial charge in [0.1, 0.15) is 5.75 Å².